The number of para-hydroxylation sites is 1. The van der Waals surface area contributed by atoms with Crippen molar-refractivity contribution >= 4 is 87.9 Å². The summed E-state index contributed by atoms with van der Waals surface area (Å²) in [5, 5.41) is 62.3. The van der Waals surface area contributed by atoms with Crippen molar-refractivity contribution in [1.82, 2.24) is 62.6 Å². The number of aliphatic hydroxyl groups is 1. The van der Waals surface area contributed by atoms with Gasteiger partial charge in [0.25, 0.3) is 0 Å². The summed E-state index contributed by atoms with van der Waals surface area (Å²) in [5.41, 5.74) is 13.3. The normalized spacial score (nSPS) is 21.4. The average molecular weight is 1290 g/mol. The smallest absolute Gasteiger partial charge is 0.317 e. The van der Waals surface area contributed by atoms with Crippen molar-refractivity contribution in [1.29, 1.82) is 5.41 Å². The maximum Gasteiger partial charge on any atom is 0.317 e. The van der Waals surface area contributed by atoms with Gasteiger partial charge in [0.1, 0.15) is 42.3 Å². The Hall–Kier alpha value is -9.19. The van der Waals surface area contributed by atoms with Gasteiger partial charge in [0.05, 0.1) is 19.2 Å². The third-order valence-corrected chi connectivity index (χ3v) is 16.0. The van der Waals surface area contributed by atoms with Gasteiger partial charge in [-0.25, -0.2) is 0 Å². The molecule has 504 valence electrons. The fraction of sp³-hybridized carbons (Fsp3) is 0.565. The zero-order valence-electron chi connectivity index (χ0n) is 52.2. The summed E-state index contributed by atoms with van der Waals surface area (Å²) in [5.74, 6) is -10.6. The molecule has 30 nitrogen and oxygen atoms in total. The second kappa shape index (κ2) is 37.8. The van der Waals surface area contributed by atoms with Crippen LogP contribution in [-0.2, 0) is 70.4 Å². The van der Waals surface area contributed by atoms with Gasteiger partial charge >= 0.3 is 11.9 Å². The Bertz CT molecular complexity index is 3020. The maximum atomic E-state index is 15.0. The van der Waals surface area contributed by atoms with Crippen molar-refractivity contribution in [3.05, 3.63) is 71.9 Å². The summed E-state index contributed by atoms with van der Waals surface area (Å²) < 4.78 is 0. The molecule has 7 unspecified atom stereocenters. The highest BCUT2D eigenvalue weighted by Crippen LogP contribution is 2.23. The van der Waals surface area contributed by atoms with Crippen molar-refractivity contribution in [3.63, 3.8) is 0 Å². The van der Waals surface area contributed by atoms with E-state index in [-0.39, 0.29) is 115 Å². The van der Waals surface area contributed by atoms with Crippen molar-refractivity contribution in [3.8, 4) is 0 Å². The summed E-state index contributed by atoms with van der Waals surface area (Å²) in [6, 6.07) is 6.20. The molecule has 0 radical (unpaired) electrons. The number of nitrogens with zero attached hydrogens (tertiary/aromatic N) is 2. The fourth-order valence-electron chi connectivity index (χ4n) is 11.0. The Kier molecular flexibility index (Phi) is 30.3. The Morgan fingerprint density at radius 2 is 1.41 bits per heavy atom. The van der Waals surface area contributed by atoms with Crippen LogP contribution in [0.1, 0.15) is 121 Å². The number of hydrogen-bond donors (Lipinski definition) is 16. The number of unbranched alkanes of at least 4 members (excludes halogenated alkanes) is 2. The van der Waals surface area contributed by atoms with Crippen LogP contribution in [0.25, 0.3) is 10.9 Å². The van der Waals surface area contributed by atoms with Crippen molar-refractivity contribution in [2.45, 2.75) is 171 Å². The Morgan fingerprint density at radius 1 is 0.750 bits per heavy atom. The zero-order chi connectivity index (χ0) is 67.3. The summed E-state index contributed by atoms with van der Waals surface area (Å²) in [6.45, 7) is 2.48. The second-order valence-corrected chi connectivity index (χ2v) is 23.4. The molecule has 0 bridgehead atoms. The number of carboxylic acids is 2. The van der Waals surface area contributed by atoms with E-state index >= 15 is 0 Å². The van der Waals surface area contributed by atoms with Gasteiger partial charge in [-0.15, -0.1) is 0 Å². The highest BCUT2D eigenvalue weighted by molar-refractivity contribution is 5.98. The highest BCUT2D eigenvalue weighted by Gasteiger charge is 2.43. The van der Waals surface area contributed by atoms with Crippen LogP contribution in [0.15, 0.2) is 60.8 Å². The molecule has 92 heavy (non-hydrogen) atoms. The molecule has 1 aromatic heterocycles. The lowest BCUT2D eigenvalue weighted by molar-refractivity contribution is -0.143. The molecule has 0 aliphatic carbocycles. The minimum atomic E-state index is -1.53. The van der Waals surface area contributed by atoms with Crippen LogP contribution in [0.4, 0.5) is 0 Å². The molecule has 2 aromatic carbocycles. The number of carbonyl (C=O) groups excluding carboxylic acids is 10. The second-order valence-electron chi connectivity index (χ2n) is 23.4. The van der Waals surface area contributed by atoms with E-state index in [0.29, 0.717) is 43.2 Å². The molecular formula is C62H91N15O15. The first kappa shape index (κ1) is 73.5. The van der Waals surface area contributed by atoms with Crippen LogP contribution in [0.5, 0.6) is 0 Å². The summed E-state index contributed by atoms with van der Waals surface area (Å²) >= 11 is 0. The quantitative estimate of drug-likeness (QED) is 0.0226. The number of aromatic amines is 1. The summed E-state index contributed by atoms with van der Waals surface area (Å²) in [7, 11) is 0. The minimum absolute atomic E-state index is 0.0229. The molecule has 2 aliphatic rings. The number of H-pyrrole nitrogens is 1. The van der Waals surface area contributed by atoms with E-state index < -0.39 is 139 Å². The van der Waals surface area contributed by atoms with Gasteiger partial charge in [0, 0.05) is 81.3 Å². The lowest BCUT2D eigenvalue weighted by Gasteiger charge is -2.31. The van der Waals surface area contributed by atoms with Gasteiger partial charge in [-0.1, -0.05) is 81.6 Å². The lowest BCUT2D eigenvalue weighted by Crippen LogP contribution is -2.60. The van der Waals surface area contributed by atoms with Gasteiger partial charge in [0.15, 0.2) is 5.96 Å². The molecule has 18 N–H and O–H groups in total. The number of nitrogens with two attached hydrogens (primary N) is 2. The van der Waals surface area contributed by atoms with Crippen molar-refractivity contribution in [2.24, 2.45) is 17.4 Å². The Labute approximate surface area is 533 Å². The van der Waals surface area contributed by atoms with Gasteiger partial charge in [0.2, 0.25) is 59.1 Å². The maximum absolute atomic E-state index is 15.0. The van der Waals surface area contributed by atoms with Crippen molar-refractivity contribution in [2.75, 3.05) is 45.8 Å². The number of aliphatic hydroxyl groups excluding tert-OH is 1. The third-order valence-electron chi connectivity index (χ3n) is 16.0. The number of aromatic nitrogens is 1. The molecule has 5 rings (SSSR count). The van der Waals surface area contributed by atoms with E-state index in [9.17, 15) is 62.6 Å². The molecule has 0 saturated carbocycles. The van der Waals surface area contributed by atoms with Gasteiger partial charge in [-0.05, 0) is 81.5 Å². The number of aliphatic carboxylic acids is 2. The molecule has 0 spiro atoms. The number of carboxylic acid groups (broad SMARTS) is 2. The molecule has 2 saturated heterocycles. The topological polar surface area (TPSA) is 472 Å². The van der Waals surface area contributed by atoms with Gasteiger partial charge < -0.3 is 84.5 Å². The third kappa shape index (κ3) is 24.9. The van der Waals surface area contributed by atoms with E-state index in [1.165, 1.54) is 4.90 Å². The van der Waals surface area contributed by atoms with E-state index in [2.05, 4.69) is 52.8 Å². The molecule has 9 atom stereocenters. The molecule has 10 amide bonds. The standard InChI is InChI=1S/C62H91N15O15/c1-3-4-19-44(70-51(80)25-28-67-55(86)37(2)15-11-13-29-76(35-52(81)82)36-53(83)84)56(87)73-46-23-24-50(79)66-26-12-10-21-43(54(63)85)71-59(90)48(31-39-33-69-42-20-9-8-18-41(39)42)74-57(88)45(22-14-27-68-62(64)65)72-58(89)47(30-38-16-6-5-7-17-38)75-60(91)49-32-40(78)34-77(49)61(46)92/h5-9,16-18,20,33,37,40,43-49,69,78H,3-4,10-15,19,21-32,34-36H2,1-2H3,(H2,63,85)(H,66,79)(H,67,86)(H,70,80)(H,71,90)(H,72,89)(H,73,87)(H,74,88)(H,75,91)(H,81,82)(H,83,84)(H4,64,65,68)/t37?,40-,43?,44?,45?,46?,47-,48?,49?/m1/s1. The number of guanidine groups is 1. The van der Waals surface area contributed by atoms with E-state index in [1.807, 2.05) is 25.1 Å². The summed E-state index contributed by atoms with van der Waals surface area (Å²) in [6.07, 6.45) is 2.01. The monoisotopic (exact) mass is 1290 g/mol. The van der Waals surface area contributed by atoms with E-state index in [4.69, 9.17) is 27.1 Å². The summed E-state index contributed by atoms with van der Waals surface area (Å²) in [4.78, 5) is 169. The first-order valence-corrected chi connectivity index (χ1v) is 31.4. The molecule has 3 aromatic rings. The number of amides is 10. The molecule has 2 fully saturated rings. The first-order chi connectivity index (χ1) is 43.9. The van der Waals surface area contributed by atoms with Crippen LogP contribution in [-0.4, -0.2) is 201 Å². The van der Waals surface area contributed by atoms with Crippen LogP contribution >= 0.6 is 0 Å². The predicted molar refractivity (Wildman–Crippen MR) is 336 cm³/mol. The number of rotatable bonds is 28. The van der Waals surface area contributed by atoms with Crippen LogP contribution in [0, 0.1) is 11.3 Å². The fourth-order valence-corrected chi connectivity index (χ4v) is 11.0. The van der Waals surface area contributed by atoms with Crippen LogP contribution < -0.4 is 59.3 Å². The number of fused-ring (bicyclic) bond motifs is 2. The number of benzene rings is 2. The predicted octanol–water partition coefficient (Wildman–Crippen LogP) is -1.37. The van der Waals surface area contributed by atoms with E-state index in [0.717, 1.165) is 15.8 Å². The Balaban J connectivity index is 1.39. The Morgan fingerprint density at radius 3 is 2.11 bits per heavy atom. The average Bonchev–Trinajstić information content (AvgIpc) is 1.70. The lowest BCUT2D eigenvalue weighted by atomic mass is 10.0. The largest absolute Gasteiger partial charge is 0.480 e. The van der Waals surface area contributed by atoms with Crippen LogP contribution in [0.2, 0.25) is 0 Å². The van der Waals surface area contributed by atoms with Gasteiger partial charge in [-0.3, -0.25) is 67.8 Å². The zero-order valence-corrected chi connectivity index (χ0v) is 52.2. The SMILES string of the molecule is CCCCC(NC(=O)CCNC(=O)C(C)CCCCN(CC(=O)O)CC(=O)O)C(=O)NC1CCC(=O)NCCCCC(C(N)=O)NC(=O)C(Cc2c[nH]c3ccccc23)NC(=O)C(CCCNC(=N)N)NC(=O)[C@@H](Cc2ccccc2)NC(=O)C2C[C@@H](O)CN2C1=O. The van der Waals surface area contributed by atoms with Crippen molar-refractivity contribution < 1.29 is 72.9 Å². The van der Waals surface area contributed by atoms with Crippen LogP contribution in [0.3, 0.4) is 0 Å². The highest BCUT2D eigenvalue weighted by atomic mass is 16.4. The number of hydrogen-bond acceptors (Lipinski definition) is 15. The molecule has 3 heterocycles. The van der Waals surface area contributed by atoms with Gasteiger partial charge in [-0.2, -0.15) is 0 Å². The first-order valence-electron chi connectivity index (χ1n) is 31.4. The van der Waals surface area contributed by atoms with E-state index in [1.54, 1.807) is 49.5 Å². The molecular weight excluding hydrogens is 1190 g/mol. The minimum Gasteiger partial charge on any atom is -0.480 e. The molecule has 2 aliphatic heterocycles. The number of nitrogens with one attached hydrogen (secondary N) is 11. The number of primary amides is 1. The number of carbonyl (C=O) groups is 12. The molecule has 30 heteroatoms.